The standard InChI is InChI=1S/C10H18N2O3/c1-10(2,9(14)15)7-12-5-3-8(13)11-4-6-12/h3-7H2,1-2H3,(H,11,13)(H,14,15). The molecule has 0 aliphatic carbocycles. The lowest BCUT2D eigenvalue weighted by molar-refractivity contribution is -0.147. The van der Waals surface area contributed by atoms with E-state index in [1.807, 2.05) is 4.90 Å². The van der Waals surface area contributed by atoms with E-state index in [4.69, 9.17) is 5.11 Å². The molecule has 0 atom stereocenters. The summed E-state index contributed by atoms with van der Waals surface area (Å²) in [6.07, 6.45) is 0.454. The van der Waals surface area contributed by atoms with Gasteiger partial charge in [-0.3, -0.25) is 14.5 Å². The van der Waals surface area contributed by atoms with Crippen LogP contribution in [0.4, 0.5) is 0 Å². The second kappa shape index (κ2) is 4.61. The summed E-state index contributed by atoms with van der Waals surface area (Å²) in [5, 5.41) is 11.7. The van der Waals surface area contributed by atoms with E-state index < -0.39 is 11.4 Å². The first-order chi connectivity index (χ1) is 6.92. The summed E-state index contributed by atoms with van der Waals surface area (Å²) in [6, 6.07) is 0. The van der Waals surface area contributed by atoms with Crippen LogP contribution in [0.15, 0.2) is 0 Å². The minimum Gasteiger partial charge on any atom is -0.481 e. The average molecular weight is 214 g/mol. The molecule has 0 aromatic rings. The Balaban J connectivity index is 2.51. The molecule has 0 aromatic heterocycles. The number of nitrogens with zero attached hydrogens (tertiary/aromatic N) is 1. The summed E-state index contributed by atoms with van der Waals surface area (Å²) >= 11 is 0. The maximum absolute atomic E-state index is 11.1. The Labute approximate surface area is 89.4 Å². The third kappa shape index (κ3) is 3.51. The number of amides is 1. The van der Waals surface area contributed by atoms with Crippen LogP contribution in [0, 0.1) is 5.41 Å². The minimum atomic E-state index is -0.800. The van der Waals surface area contributed by atoms with E-state index in [0.717, 1.165) is 6.54 Å². The van der Waals surface area contributed by atoms with E-state index in [9.17, 15) is 9.59 Å². The molecule has 0 bridgehead atoms. The molecule has 0 saturated carbocycles. The topological polar surface area (TPSA) is 69.6 Å². The number of carboxylic acid groups (broad SMARTS) is 1. The van der Waals surface area contributed by atoms with Crippen molar-refractivity contribution in [1.82, 2.24) is 10.2 Å². The van der Waals surface area contributed by atoms with Gasteiger partial charge in [-0.1, -0.05) is 0 Å². The summed E-state index contributed by atoms with van der Waals surface area (Å²) in [6.45, 7) is 5.86. The van der Waals surface area contributed by atoms with Gasteiger partial charge in [0, 0.05) is 32.6 Å². The largest absolute Gasteiger partial charge is 0.481 e. The summed E-state index contributed by atoms with van der Waals surface area (Å²) in [4.78, 5) is 24.0. The molecule has 15 heavy (non-hydrogen) atoms. The van der Waals surface area contributed by atoms with Gasteiger partial charge in [-0.25, -0.2) is 0 Å². The highest BCUT2D eigenvalue weighted by Gasteiger charge is 2.30. The Morgan fingerprint density at radius 1 is 1.53 bits per heavy atom. The zero-order valence-corrected chi connectivity index (χ0v) is 9.25. The van der Waals surface area contributed by atoms with Crippen LogP contribution in [-0.2, 0) is 9.59 Å². The highest BCUT2D eigenvalue weighted by atomic mass is 16.4. The molecule has 1 amide bonds. The van der Waals surface area contributed by atoms with Gasteiger partial charge in [-0.05, 0) is 13.8 Å². The molecule has 5 heteroatoms. The molecule has 2 N–H and O–H groups in total. The first-order valence-electron chi connectivity index (χ1n) is 5.14. The van der Waals surface area contributed by atoms with Crippen LogP contribution >= 0.6 is 0 Å². The van der Waals surface area contributed by atoms with Crippen LogP contribution in [0.1, 0.15) is 20.3 Å². The molecule has 0 aromatic carbocycles. The SMILES string of the molecule is CC(C)(CN1CCNC(=O)CC1)C(=O)O. The van der Waals surface area contributed by atoms with E-state index in [1.165, 1.54) is 0 Å². The van der Waals surface area contributed by atoms with Gasteiger partial charge in [0.25, 0.3) is 0 Å². The number of rotatable bonds is 3. The maximum atomic E-state index is 11.1. The summed E-state index contributed by atoms with van der Waals surface area (Å²) in [5.74, 6) is -0.753. The van der Waals surface area contributed by atoms with Gasteiger partial charge in [0.05, 0.1) is 5.41 Å². The van der Waals surface area contributed by atoms with Crippen LogP contribution in [0.3, 0.4) is 0 Å². The lowest BCUT2D eigenvalue weighted by Gasteiger charge is -2.28. The summed E-state index contributed by atoms with van der Waals surface area (Å²) in [5.41, 5.74) is -0.757. The minimum absolute atomic E-state index is 0.0469. The van der Waals surface area contributed by atoms with Crippen LogP contribution in [0.2, 0.25) is 0 Å². The van der Waals surface area contributed by atoms with Gasteiger partial charge in [-0.15, -0.1) is 0 Å². The Morgan fingerprint density at radius 2 is 2.20 bits per heavy atom. The predicted molar refractivity (Wildman–Crippen MR) is 55.5 cm³/mol. The van der Waals surface area contributed by atoms with Gasteiger partial charge < -0.3 is 10.4 Å². The van der Waals surface area contributed by atoms with E-state index in [1.54, 1.807) is 13.8 Å². The lowest BCUT2D eigenvalue weighted by Crippen LogP contribution is -2.40. The van der Waals surface area contributed by atoms with Crippen molar-refractivity contribution in [3.63, 3.8) is 0 Å². The number of hydrogen-bond acceptors (Lipinski definition) is 3. The predicted octanol–water partition coefficient (Wildman–Crippen LogP) is -0.0809. The van der Waals surface area contributed by atoms with Crippen molar-refractivity contribution in [2.75, 3.05) is 26.2 Å². The molecule has 0 spiro atoms. The summed E-state index contributed by atoms with van der Waals surface area (Å²) in [7, 11) is 0. The molecule has 1 saturated heterocycles. The van der Waals surface area contributed by atoms with Crippen molar-refractivity contribution in [2.45, 2.75) is 20.3 Å². The first-order valence-corrected chi connectivity index (χ1v) is 5.14. The Bertz CT molecular complexity index is 263. The number of nitrogens with one attached hydrogen (secondary N) is 1. The van der Waals surface area contributed by atoms with Crippen LogP contribution < -0.4 is 5.32 Å². The number of carbonyl (C=O) groups is 2. The van der Waals surface area contributed by atoms with Gasteiger partial charge in [0.2, 0.25) is 5.91 Å². The zero-order chi connectivity index (χ0) is 11.5. The molecule has 0 unspecified atom stereocenters. The van der Waals surface area contributed by atoms with Crippen molar-refractivity contribution in [3.05, 3.63) is 0 Å². The van der Waals surface area contributed by atoms with Crippen LogP contribution in [0.25, 0.3) is 0 Å². The number of hydrogen-bond donors (Lipinski definition) is 2. The van der Waals surface area contributed by atoms with E-state index in [2.05, 4.69) is 5.32 Å². The third-order valence-corrected chi connectivity index (χ3v) is 2.60. The zero-order valence-electron chi connectivity index (χ0n) is 9.25. The fraction of sp³-hybridized carbons (Fsp3) is 0.800. The van der Waals surface area contributed by atoms with Crippen molar-refractivity contribution in [3.8, 4) is 0 Å². The second-order valence-electron chi connectivity index (χ2n) is 4.57. The van der Waals surface area contributed by atoms with Crippen LogP contribution in [-0.4, -0.2) is 48.1 Å². The van der Waals surface area contributed by atoms with Crippen LogP contribution in [0.5, 0.6) is 0 Å². The molecule has 1 heterocycles. The van der Waals surface area contributed by atoms with E-state index in [-0.39, 0.29) is 5.91 Å². The number of aliphatic carboxylic acids is 1. The molecule has 1 rings (SSSR count). The van der Waals surface area contributed by atoms with E-state index in [0.29, 0.717) is 26.1 Å². The van der Waals surface area contributed by atoms with Crippen molar-refractivity contribution < 1.29 is 14.7 Å². The molecule has 1 aliphatic heterocycles. The maximum Gasteiger partial charge on any atom is 0.310 e. The smallest absolute Gasteiger partial charge is 0.310 e. The quantitative estimate of drug-likeness (QED) is 0.689. The lowest BCUT2D eigenvalue weighted by atomic mass is 9.93. The molecular weight excluding hydrogens is 196 g/mol. The van der Waals surface area contributed by atoms with Gasteiger partial charge >= 0.3 is 5.97 Å². The molecule has 5 nitrogen and oxygen atoms in total. The molecule has 86 valence electrons. The Morgan fingerprint density at radius 3 is 2.80 bits per heavy atom. The van der Waals surface area contributed by atoms with Gasteiger partial charge in [-0.2, -0.15) is 0 Å². The Kier molecular flexibility index (Phi) is 3.68. The highest BCUT2D eigenvalue weighted by molar-refractivity contribution is 5.76. The Hall–Kier alpha value is -1.10. The van der Waals surface area contributed by atoms with Gasteiger partial charge in [0.15, 0.2) is 0 Å². The average Bonchev–Trinajstić information content (AvgIpc) is 2.30. The van der Waals surface area contributed by atoms with Crippen molar-refractivity contribution in [2.24, 2.45) is 5.41 Å². The number of carboxylic acids is 1. The summed E-state index contributed by atoms with van der Waals surface area (Å²) < 4.78 is 0. The third-order valence-electron chi connectivity index (χ3n) is 2.60. The molecule has 1 aliphatic rings. The fourth-order valence-corrected chi connectivity index (χ4v) is 1.60. The highest BCUT2D eigenvalue weighted by Crippen LogP contribution is 2.17. The van der Waals surface area contributed by atoms with E-state index >= 15 is 0 Å². The normalized spacial score (nSPS) is 19.5. The monoisotopic (exact) mass is 214 g/mol. The fourth-order valence-electron chi connectivity index (χ4n) is 1.60. The molecular formula is C10H18N2O3. The first kappa shape index (κ1) is 12.0. The van der Waals surface area contributed by atoms with Crippen molar-refractivity contribution in [1.29, 1.82) is 0 Å². The number of carbonyl (C=O) groups excluding carboxylic acids is 1. The second-order valence-corrected chi connectivity index (χ2v) is 4.57. The molecule has 0 radical (unpaired) electrons. The van der Waals surface area contributed by atoms with Crippen molar-refractivity contribution >= 4 is 11.9 Å². The van der Waals surface area contributed by atoms with Gasteiger partial charge in [0.1, 0.15) is 0 Å². The molecule has 1 fully saturated rings.